The van der Waals surface area contributed by atoms with Crippen LogP contribution in [0.15, 0.2) is 6.07 Å². The van der Waals surface area contributed by atoms with E-state index in [4.69, 9.17) is 4.74 Å². The first-order chi connectivity index (χ1) is 11.0. The zero-order valence-electron chi connectivity index (χ0n) is 13.5. The Morgan fingerprint density at radius 3 is 2.65 bits per heavy atom. The van der Waals surface area contributed by atoms with Gasteiger partial charge in [-0.25, -0.2) is 0 Å². The van der Waals surface area contributed by atoms with Crippen LogP contribution in [0.2, 0.25) is 0 Å². The van der Waals surface area contributed by atoms with Crippen LogP contribution in [0, 0.1) is 25.7 Å². The second-order valence-electron chi connectivity index (χ2n) is 6.47. The summed E-state index contributed by atoms with van der Waals surface area (Å²) in [7, 11) is 0. The number of carboxylic acids is 1. The molecule has 0 aromatic carbocycles. The van der Waals surface area contributed by atoms with E-state index in [-0.39, 0.29) is 18.1 Å². The number of hydrogen-bond donors (Lipinski definition) is 2. The first-order valence-electron chi connectivity index (χ1n) is 8.14. The van der Waals surface area contributed by atoms with Gasteiger partial charge in [-0.05, 0) is 39.2 Å². The molecule has 2 fully saturated rings. The number of carbonyl (C=O) groups excluding carboxylic acids is 1. The molecule has 2 aliphatic rings. The first kappa shape index (κ1) is 16.0. The van der Waals surface area contributed by atoms with Gasteiger partial charge in [-0.15, -0.1) is 0 Å². The number of aliphatic carboxylic acids is 1. The van der Waals surface area contributed by atoms with Crippen LogP contribution in [0.3, 0.4) is 0 Å². The molecule has 0 unspecified atom stereocenters. The topological polar surface area (TPSA) is 93.5 Å². The minimum absolute atomic E-state index is 0.196. The van der Waals surface area contributed by atoms with Gasteiger partial charge >= 0.3 is 5.97 Å². The van der Waals surface area contributed by atoms with Gasteiger partial charge in [0.05, 0.1) is 29.7 Å². The maximum absolute atomic E-state index is 12.4. The summed E-state index contributed by atoms with van der Waals surface area (Å²) in [5.74, 6) is -2.39. The highest BCUT2D eigenvalue weighted by Gasteiger charge is 2.55. The molecule has 0 radical (unpaired) electrons. The molecule has 0 aliphatic carbocycles. The van der Waals surface area contributed by atoms with Gasteiger partial charge in [0.25, 0.3) is 0 Å². The van der Waals surface area contributed by atoms with Crippen LogP contribution in [0.25, 0.3) is 0 Å². The fourth-order valence-electron chi connectivity index (χ4n) is 3.78. The van der Waals surface area contributed by atoms with Crippen molar-refractivity contribution in [2.75, 3.05) is 6.54 Å². The summed E-state index contributed by atoms with van der Waals surface area (Å²) in [6.07, 6.45) is 1.73. The Hall–Kier alpha value is -1.89. The highest BCUT2D eigenvalue weighted by Crippen LogP contribution is 2.43. The lowest BCUT2D eigenvalue weighted by molar-refractivity contribution is -0.147. The molecule has 1 amide bonds. The number of nitrogens with zero attached hydrogens (tertiary/aromatic N) is 2. The minimum atomic E-state index is -0.931. The maximum atomic E-state index is 12.4. The lowest BCUT2D eigenvalue weighted by Gasteiger charge is -2.23. The Labute approximate surface area is 135 Å². The zero-order chi connectivity index (χ0) is 16.6. The predicted molar refractivity (Wildman–Crippen MR) is 81.8 cm³/mol. The van der Waals surface area contributed by atoms with Gasteiger partial charge in [0.1, 0.15) is 0 Å². The number of carboxylic acid groups (broad SMARTS) is 1. The highest BCUT2D eigenvalue weighted by atomic mass is 16.5. The normalized spacial score (nSPS) is 29.0. The molecule has 3 heterocycles. The Kier molecular flexibility index (Phi) is 4.39. The third-order valence-corrected chi connectivity index (χ3v) is 4.81. The average molecular weight is 321 g/mol. The van der Waals surface area contributed by atoms with Crippen LogP contribution in [-0.4, -0.2) is 45.5 Å². The Morgan fingerprint density at radius 2 is 2.04 bits per heavy atom. The third kappa shape index (κ3) is 3.10. The van der Waals surface area contributed by atoms with Gasteiger partial charge in [-0.3, -0.25) is 14.3 Å². The van der Waals surface area contributed by atoms with Crippen molar-refractivity contribution in [3.8, 4) is 0 Å². The molecule has 2 aliphatic heterocycles. The van der Waals surface area contributed by atoms with Gasteiger partial charge in [0, 0.05) is 18.8 Å². The van der Waals surface area contributed by atoms with E-state index in [2.05, 4.69) is 10.4 Å². The van der Waals surface area contributed by atoms with E-state index in [9.17, 15) is 14.7 Å². The molecular formula is C16H23N3O4. The van der Waals surface area contributed by atoms with Crippen molar-refractivity contribution in [1.82, 2.24) is 15.1 Å². The van der Waals surface area contributed by atoms with Gasteiger partial charge in [-0.2, -0.15) is 5.10 Å². The van der Waals surface area contributed by atoms with Crippen molar-refractivity contribution in [3.05, 3.63) is 17.5 Å². The Morgan fingerprint density at radius 1 is 1.35 bits per heavy atom. The number of hydrogen-bond acceptors (Lipinski definition) is 4. The summed E-state index contributed by atoms with van der Waals surface area (Å²) in [4.78, 5) is 23.7. The molecule has 23 heavy (non-hydrogen) atoms. The van der Waals surface area contributed by atoms with Gasteiger partial charge in [0.2, 0.25) is 5.91 Å². The lowest BCUT2D eigenvalue weighted by atomic mass is 9.79. The number of rotatable bonds is 6. The molecule has 3 rings (SSSR count). The van der Waals surface area contributed by atoms with Crippen LogP contribution in [0.1, 0.15) is 30.7 Å². The van der Waals surface area contributed by atoms with Gasteiger partial charge in [-0.1, -0.05) is 0 Å². The van der Waals surface area contributed by atoms with E-state index >= 15 is 0 Å². The monoisotopic (exact) mass is 321 g/mol. The molecular weight excluding hydrogens is 298 g/mol. The molecule has 2 N–H and O–H groups in total. The minimum Gasteiger partial charge on any atom is -0.481 e. The van der Waals surface area contributed by atoms with Gasteiger partial charge < -0.3 is 15.2 Å². The molecule has 126 valence electrons. The summed E-state index contributed by atoms with van der Waals surface area (Å²) >= 11 is 0. The molecule has 7 heteroatoms. The zero-order valence-corrected chi connectivity index (χ0v) is 13.5. The number of carbonyl (C=O) groups is 2. The SMILES string of the molecule is Cc1cc(C)n(CCCNC(=O)[C@H]2[C@@H](C(=O)O)[C@@H]3CC[C@@H]2O3)n1. The quantitative estimate of drug-likeness (QED) is 0.759. The number of nitrogens with one attached hydrogen (secondary N) is 1. The fourth-order valence-corrected chi connectivity index (χ4v) is 3.78. The summed E-state index contributed by atoms with van der Waals surface area (Å²) in [6, 6.07) is 2.02. The lowest BCUT2D eigenvalue weighted by Crippen LogP contribution is -2.44. The largest absolute Gasteiger partial charge is 0.481 e. The third-order valence-electron chi connectivity index (χ3n) is 4.81. The standard InChI is InChI=1S/C16H23N3O4/c1-9-8-10(2)19(18-9)7-3-6-17-15(20)13-11-4-5-12(23-11)14(13)16(21)22/h8,11-14H,3-7H2,1-2H3,(H,17,20)(H,21,22)/t11-,12-,13+,14-/m0/s1. The summed E-state index contributed by atoms with van der Waals surface area (Å²) in [5.41, 5.74) is 2.08. The van der Waals surface area contributed by atoms with E-state index in [1.807, 2.05) is 24.6 Å². The molecule has 1 aromatic heterocycles. The van der Waals surface area contributed by atoms with Crippen molar-refractivity contribution >= 4 is 11.9 Å². The van der Waals surface area contributed by atoms with Crippen molar-refractivity contribution in [3.63, 3.8) is 0 Å². The van der Waals surface area contributed by atoms with E-state index < -0.39 is 17.8 Å². The molecule has 4 atom stereocenters. The summed E-state index contributed by atoms with van der Waals surface area (Å²) in [6.45, 7) is 5.20. The van der Waals surface area contributed by atoms with Crippen LogP contribution in [-0.2, 0) is 20.9 Å². The Bertz CT molecular complexity index is 612. The van der Waals surface area contributed by atoms with Crippen LogP contribution in [0.5, 0.6) is 0 Å². The molecule has 2 saturated heterocycles. The van der Waals surface area contributed by atoms with Crippen molar-refractivity contribution < 1.29 is 19.4 Å². The molecule has 7 nitrogen and oxygen atoms in total. The molecule has 0 spiro atoms. The summed E-state index contributed by atoms with van der Waals surface area (Å²) in [5, 5.41) is 16.6. The molecule has 2 bridgehead atoms. The van der Waals surface area contributed by atoms with E-state index in [0.717, 1.165) is 37.2 Å². The van der Waals surface area contributed by atoms with Gasteiger partial charge in [0.15, 0.2) is 0 Å². The maximum Gasteiger partial charge on any atom is 0.310 e. The number of amides is 1. The Balaban J connectivity index is 1.49. The first-order valence-corrected chi connectivity index (χ1v) is 8.14. The van der Waals surface area contributed by atoms with Crippen molar-refractivity contribution in [1.29, 1.82) is 0 Å². The number of ether oxygens (including phenoxy) is 1. The number of aryl methyl sites for hydroxylation is 3. The molecule has 0 saturated carbocycles. The number of aromatic nitrogens is 2. The second kappa shape index (κ2) is 6.31. The van der Waals surface area contributed by atoms with E-state index in [1.54, 1.807) is 0 Å². The fraction of sp³-hybridized carbons (Fsp3) is 0.688. The summed E-state index contributed by atoms with van der Waals surface area (Å²) < 4.78 is 7.54. The van der Waals surface area contributed by atoms with Crippen LogP contribution < -0.4 is 5.32 Å². The van der Waals surface area contributed by atoms with E-state index in [1.165, 1.54) is 0 Å². The predicted octanol–water partition coefficient (Wildman–Crippen LogP) is 0.884. The second-order valence-corrected chi connectivity index (χ2v) is 6.47. The highest BCUT2D eigenvalue weighted by molar-refractivity contribution is 5.86. The van der Waals surface area contributed by atoms with Crippen molar-refractivity contribution in [2.45, 2.75) is 51.9 Å². The van der Waals surface area contributed by atoms with Crippen LogP contribution in [0.4, 0.5) is 0 Å². The molecule has 1 aromatic rings. The smallest absolute Gasteiger partial charge is 0.310 e. The number of fused-ring (bicyclic) bond motifs is 2. The van der Waals surface area contributed by atoms with Crippen LogP contribution >= 0.6 is 0 Å². The van der Waals surface area contributed by atoms with Crippen molar-refractivity contribution in [2.24, 2.45) is 11.8 Å². The van der Waals surface area contributed by atoms with E-state index in [0.29, 0.717) is 6.54 Å². The average Bonchev–Trinajstić information content (AvgIpc) is 3.17.